The van der Waals surface area contributed by atoms with Crippen molar-refractivity contribution in [3.8, 4) is 22.6 Å². The second kappa shape index (κ2) is 6.64. The van der Waals surface area contributed by atoms with Crippen molar-refractivity contribution in [2.45, 2.75) is 6.92 Å². The quantitative estimate of drug-likeness (QED) is 0.396. The standard InChI is InChI=1S/C21H16N4S2/c1-14-7-9-15(10-8-14)18-19(25-11-12-26-21(25)24-18)17-13-27-20(23-17)22-16-5-3-2-4-6-16/h2-13H,1H3,(H,22,23). The Balaban J connectivity index is 1.59. The number of aryl methyl sites for hydroxylation is 1. The largest absolute Gasteiger partial charge is 0.332 e. The molecule has 0 aliphatic heterocycles. The maximum absolute atomic E-state index is 4.87. The molecule has 0 spiro atoms. The van der Waals surface area contributed by atoms with E-state index >= 15 is 0 Å². The van der Waals surface area contributed by atoms with Crippen molar-refractivity contribution in [2.75, 3.05) is 5.32 Å². The van der Waals surface area contributed by atoms with Crippen molar-refractivity contribution >= 4 is 38.5 Å². The summed E-state index contributed by atoms with van der Waals surface area (Å²) in [6.07, 6.45) is 2.06. The van der Waals surface area contributed by atoms with Crippen LogP contribution in [0.25, 0.3) is 27.6 Å². The van der Waals surface area contributed by atoms with E-state index in [2.05, 4.69) is 57.9 Å². The first-order valence-corrected chi connectivity index (χ1v) is 10.3. The highest BCUT2D eigenvalue weighted by atomic mass is 32.1. The van der Waals surface area contributed by atoms with Crippen LogP contribution < -0.4 is 5.32 Å². The lowest BCUT2D eigenvalue weighted by molar-refractivity contribution is 1.21. The van der Waals surface area contributed by atoms with Gasteiger partial charge in [0.05, 0.1) is 5.69 Å². The number of rotatable bonds is 4. The zero-order valence-electron chi connectivity index (χ0n) is 14.6. The summed E-state index contributed by atoms with van der Waals surface area (Å²) in [6.45, 7) is 2.10. The van der Waals surface area contributed by atoms with Gasteiger partial charge in [0.1, 0.15) is 11.4 Å². The molecule has 5 rings (SSSR count). The second-order valence-corrected chi connectivity index (χ2v) is 7.99. The lowest BCUT2D eigenvalue weighted by Crippen LogP contribution is -1.91. The number of nitrogens with one attached hydrogen (secondary N) is 1. The van der Waals surface area contributed by atoms with Gasteiger partial charge in [-0.1, -0.05) is 48.0 Å². The molecule has 6 heteroatoms. The Hall–Kier alpha value is -2.96. The van der Waals surface area contributed by atoms with Crippen LogP contribution in [0.2, 0.25) is 0 Å². The van der Waals surface area contributed by atoms with E-state index in [1.807, 2.05) is 30.3 Å². The topological polar surface area (TPSA) is 42.2 Å². The summed E-state index contributed by atoms with van der Waals surface area (Å²) in [4.78, 5) is 10.7. The molecule has 0 saturated carbocycles. The van der Waals surface area contributed by atoms with Gasteiger partial charge in [0.2, 0.25) is 0 Å². The van der Waals surface area contributed by atoms with Crippen molar-refractivity contribution in [3.05, 3.63) is 77.1 Å². The number of para-hydroxylation sites is 1. The van der Waals surface area contributed by atoms with Crippen LogP contribution in [-0.4, -0.2) is 14.4 Å². The molecule has 4 nitrogen and oxygen atoms in total. The van der Waals surface area contributed by atoms with Crippen LogP contribution in [0, 0.1) is 6.92 Å². The fourth-order valence-electron chi connectivity index (χ4n) is 3.03. The molecular weight excluding hydrogens is 372 g/mol. The maximum atomic E-state index is 4.87. The smallest absolute Gasteiger partial charge is 0.194 e. The molecule has 0 aliphatic rings. The average molecular weight is 389 g/mol. The molecule has 0 fully saturated rings. The van der Waals surface area contributed by atoms with Crippen LogP contribution >= 0.6 is 22.7 Å². The first kappa shape index (κ1) is 16.2. The normalized spacial score (nSPS) is 11.1. The number of aromatic nitrogens is 3. The van der Waals surface area contributed by atoms with E-state index in [1.165, 1.54) is 5.56 Å². The third-order valence-electron chi connectivity index (χ3n) is 4.36. The molecule has 27 heavy (non-hydrogen) atoms. The minimum absolute atomic E-state index is 0.872. The van der Waals surface area contributed by atoms with Crippen LogP contribution in [0.4, 0.5) is 10.8 Å². The lowest BCUT2D eigenvalue weighted by Gasteiger charge is -2.03. The highest BCUT2D eigenvalue weighted by Crippen LogP contribution is 2.36. The molecule has 3 heterocycles. The SMILES string of the molecule is Cc1ccc(-c2nc3sccn3c2-c2csc(Nc3ccccc3)n2)cc1. The van der Waals surface area contributed by atoms with E-state index in [-0.39, 0.29) is 0 Å². The number of benzene rings is 2. The molecule has 0 radical (unpaired) electrons. The fraction of sp³-hybridized carbons (Fsp3) is 0.0476. The Morgan fingerprint density at radius 1 is 0.926 bits per heavy atom. The van der Waals surface area contributed by atoms with Crippen LogP contribution in [0.5, 0.6) is 0 Å². The van der Waals surface area contributed by atoms with E-state index in [4.69, 9.17) is 9.97 Å². The molecule has 3 aromatic heterocycles. The summed E-state index contributed by atoms with van der Waals surface area (Å²) in [5.41, 5.74) is 6.32. The van der Waals surface area contributed by atoms with Gasteiger partial charge < -0.3 is 5.32 Å². The van der Waals surface area contributed by atoms with Crippen molar-refractivity contribution in [1.29, 1.82) is 0 Å². The highest BCUT2D eigenvalue weighted by Gasteiger charge is 2.19. The van der Waals surface area contributed by atoms with Crippen LogP contribution in [0.3, 0.4) is 0 Å². The Kier molecular flexibility index (Phi) is 3.99. The predicted molar refractivity (Wildman–Crippen MR) is 114 cm³/mol. The average Bonchev–Trinajstić information content (AvgIpc) is 3.39. The second-order valence-electron chi connectivity index (χ2n) is 6.26. The van der Waals surface area contributed by atoms with Gasteiger partial charge in [0.25, 0.3) is 0 Å². The molecular formula is C21H16N4S2. The van der Waals surface area contributed by atoms with Gasteiger partial charge in [-0.2, -0.15) is 0 Å². The van der Waals surface area contributed by atoms with E-state index in [0.29, 0.717) is 0 Å². The predicted octanol–water partition coefficient (Wildman–Crippen LogP) is 6.24. The molecule has 5 aromatic rings. The molecule has 132 valence electrons. The Bertz CT molecular complexity index is 1200. The van der Waals surface area contributed by atoms with Gasteiger partial charge in [0, 0.05) is 28.2 Å². The Morgan fingerprint density at radius 2 is 1.74 bits per heavy atom. The number of hydrogen-bond donors (Lipinski definition) is 1. The van der Waals surface area contributed by atoms with Crippen molar-refractivity contribution < 1.29 is 0 Å². The first-order valence-electron chi connectivity index (χ1n) is 8.58. The van der Waals surface area contributed by atoms with Crippen molar-refractivity contribution in [3.63, 3.8) is 0 Å². The summed E-state index contributed by atoms with van der Waals surface area (Å²) in [7, 11) is 0. The van der Waals surface area contributed by atoms with E-state index in [9.17, 15) is 0 Å². The Morgan fingerprint density at radius 3 is 2.56 bits per heavy atom. The summed E-state index contributed by atoms with van der Waals surface area (Å²) in [5, 5.41) is 8.39. The number of imidazole rings is 1. The highest BCUT2D eigenvalue weighted by molar-refractivity contribution is 7.15. The van der Waals surface area contributed by atoms with E-state index in [0.717, 1.165) is 38.4 Å². The number of nitrogens with zero attached hydrogens (tertiary/aromatic N) is 3. The lowest BCUT2D eigenvalue weighted by atomic mass is 10.1. The van der Waals surface area contributed by atoms with E-state index < -0.39 is 0 Å². The molecule has 1 N–H and O–H groups in total. The molecule has 0 aliphatic carbocycles. The third-order valence-corrected chi connectivity index (χ3v) is 5.87. The van der Waals surface area contributed by atoms with Gasteiger partial charge in [-0.15, -0.1) is 22.7 Å². The minimum atomic E-state index is 0.872. The summed E-state index contributed by atoms with van der Waals surface area (Å²) >= 11 is 3.24. The van der Waals surface area contributed by atoms with E-state index in [1.54, 1.807) is 22.7 Å². The van der Waals surface area contributed by atoms with Crippen molar-refractivity contribution in [2.24, 2.45) is 0 Å². The molecule has 0 saturated heterocycles. The summed E-state index contributed by atoms with van der Waals surface area (Å²) < 4.78 is 2.13. The van der Waals surface area contributed by atoms with Gasteiger partial charge >= 0.3 is 0 Å². The van der Waals surface area contributed by atoms with Gasteiger partial charge in [-0.25, -0.2) is 9.97 Å². The summed E-state index contributed by atoms with van der Waals surface area (Å²) in [6, 6.07) is 18.6. The van der Waals surface area contributed by atoms with Crippen molar-refractivity contribution in [1.82, 2.24) is 14.4 Å². The Labute approximate surface area is 164 Å². The van der Waals surface area contributed by atoms with Crippen LogP contribution in [-0.2, 0) is 0 Å². The molecule has 0 unspecified atom stereocenters. The molecule has 2 aromatic carbocycles. The monoisotopic (exact) mass is 388 g/mol. The maximum Gasteiger partial charge on any atom is 0.194 e. The number of thiazole rings is 2. The fourth-order valence-corrected chi connectivity index (χ4v) is 4.46. The number of fused-ring (bicyclic) bond motifs is 1. The van der Waals surface area contributed by atoms with Gasteiger partial charge in [-0.05, 0) is 19.1 Å². The summed E-state index contributed by atoms with van der Waals surface area (Å²) in [5.74, 6) is 0. The van der Waals surface area contributed by atoms with Gasteiger partial charge in [0.15, 0.2) is 10.1 Å². The van der Waals surface area contributed by atoms with Gasteiger partial charge in [-0.3, -0.25) is 4.40 Å². The van der Waals surface area contributed by atoms with Crippen LogP contribution in [0.1, 0.15) is 5.56 Å². The zero-order chi connectivity index (χ0) is 18.2. The molecule has 0 atom stereocenters. The number of anilines is 2. The number of hydrogen-bond acceptors (Lipinski definition) is 5. The first-order chi connectivity index (χ1) is 13.3. The minimum Gasteiger partial charge on any atom is -0.332 e. The molecule has 0 amide bonds. The third kappa shape index (κ3) is 3.03. The molecule has 0 bridgehead atoms. The zero-order valence-corrected chi connectivity index (χ0v) is 16.2. The van der Waals surface area contributed by atoms with Crippen LogP contribution in [0.15, 0.2) is 71.6 Å².